The van der Waals surface area contributed by atoms with Gasteiger partial charge < -0.3 is 19.0 Å². The van der Waals surface area contributed by atoms with Gasteiger partial charge in [-0.25, -0.2) is 4.79 Å². The number of carbonyl (C=O) groups is 1. The van der Waals surface area contributed by atoms with Gasteiger partial charge in [0.1, 0.15) is 12.4 Å². The van der Waals surface area contributed by atoms with Gasteiger partial charge in [0.05, 0.1) is 6.10 Å². The molecular formula is C32H46O5Si. The maximum Gasteiger partial charge on any atom is 0.344 e. The van der Waals surface area contributed by atoms with E-state index < -0.39 is 8.32 Å². The second-order valence-corrected chi connectivity index (χ2v) is 17.7. The third-order valence-electron chi connectivity index (χ3n) is 9.14. The Kier molecular flexibility index (Phi) is 9.06. The van der Waals surface area contributed by atoms with Gasteiger partial charge in [-0.1, -0.05) is 63.2 Å². The molecular weight excluding hydrogens is 492 g/mol. The zero-order valence-corrected chi connectivity index (χ0v) is 25.0. The van der Waals surface area contributed by atoms with Crippen molar-refractivity contribution in [3.63, 3.8) is 0 Å². The number of fused-ring (bicyclic) bond motifs is 2. The number of hydrogen-bond donors (Lipinski definition) is 1. The third-order valence-corrected chi connectivity index (χ3v) is 13.7. The molecule has 5 nitrogen and oxygen atoms in total. The van der Waals surface area contributed by atoms with Gasteiger partial charge in [-0.05, 0) is 97.7 Å². The molecule has 2 aliphatic rings. The molecule has 0 amide bonds. The maximum absolute atomic E-state index is 12.3. The minimum absolute atomic E-state index is 0.102. The molecule has 38 heavy (non-hydrogen) atoms. The molecule has 0 aliphatic heterocycles. The second-order valence-electron chi connectivity index (χ2n) is 12.9. The molecule has 2 aromatic rings. The molecule has 0 saturated heterocycles. The van der Waals surface area contributed by atoms with Crippen LogP contribution < -0.4 is 4.74 Å². The van der Waals surface area contributed by atoms with E-state index in [1.807, 2.05) is 42.5 Å². The fraction of sp³-hybridized carbons (Fsp3) is 0.594. The fourth-order valence-corrected chi connectivity index (χ4v) is 7.50. The van der Waals surface area contributed by atoms with Crippen molar-refractivity contribution in [2.75, 3.05) is 6.61 Å². The first-order valence-electron chi connectivity index (χ1n) is 14.2. The Morgan fingerprint density at radius 2 is 1.82 bits per heavy atom. The SMILES string of the molecule is CC(CC[C@@H]1[C@H]2Cc3cccc(OCC(=O)OCc4ccccc4)c3C[C@H]2C[C@H]1O)O[Si](C)(C)C(C)(C)C. The molecule has 0 heterocycles. The lowest BCUT2D eigenvalue weighted by atomic mass is 9.73. The highest BCUT2D eigenvalue weighted by Crippen LogP contribution is 2.48. The maximum atomic E-state index is 12.3. The number of benzene rings is 2. The quantitative estimate of drug-likeness (QED) is 0.269. The molecule has 208 valence electrons. The van der Waals surface area contributed by atoms with Crippen LogP contribution in [0.2, 0.25) is 18.1 Å². The Balaban J connectivity index is 1.33. The molecule has 1 saturated carbocycles. The number of aliphatic hydroxyl groups is 1. The van der Waals surface area contributed by atoms with Crippen molar-refractivity contribution in [2.24, 2.45) is 17.8 Å². The van der Waals surface area contributed by atoms with E-state index in [1.165, 1.54) is 11.1 Å². The van der Waals surface area contributed by atoms with Gasteiger partial charge in [0.25, 0.3) is 0 Å². The first kappa shape index (κ1) is 28.8. The lowest BCUT2D eigenvalue weighted by Gasteiger charge is -2.39. The zero-order chi connectivity index (χ0) is 27.5. The van der Waals surface area contributed by atoms with Gasteiger partial charge in [0, 0.05) is 6.10 Å². The molecule has 5 atom stereocenters. The zero-order valence-electron chi connectivity index (χ0n) is 24.0. The Labute approximate surface area is 230 Å². The summed E-state index contributed by atoms with van der Waals surface area (Å²) in [6.45, 7) is 13.8. The average molecular weight is 539 g/mol. The number of carbonyl (C=O) groups excluding carboxylic acids is 1. The van der Waals surface area contributed by atoms with Crippen molar-refractivity contribution < 1.29 is 23.8 Å². The summed E-state index contributed by atoms with van der Waals surface area (Å²) in [5.74, 6) is 1.62. The van der Waals surface area contributed by atoms with E-state index in [2.05, 4.69) is 46.9 Å². The highest BCUT2D eigenvalue weighted by molar-refractivity contribution is 6.74. The van der Waals surface area contributed by atoms with Crippen molar-refractivity contribution in [3.8, 4) is 5.75 Å². The van der Waals surface area contributed by atoms with Crippen molar-refractivity contribution >= 4 is 14.3 Å². The minimum Gasteiger partial charge on any atom is -0.482 e. The topological polar surface area (TPSA) is 65.0 Å². The number of hydrogen-bond acceptors (Lipinski definition) is 5. The summed E-state index contributed by atoms with van der Waals surface area (Å²) in [6, 6.07) is 15.8. The highest BCUT2D eigenvalue weighted by Gasteiger charge is 2.45. The van der Waals surface area contributed by atoms with Crippen LogP contribution in [0.5, 0.6) is 5.75 Å². The predicted molar refractivity (Wildman–Crippen MR) is 154 cm³/mol. The molecule has 0 bridgehead atoms. The van der Waals surface area contributed by atoms with Crippen molar-refractivity contribution in [1.82, 2.24) is 0 Å². The van der Waals surface area contributed by atoms with Crippen molar-refractivity contribution in [2.45, 2.75) is 96.7 Å². The Hall–Kier alpha value is -2.15. The third kappa shape index (κ3) is 6.88. The molecule has 1 fully saturated rings. The highest BCUT2D eigenvalue weighted by atomic mass is 28.4. The Morgan fingerprint density at radius 3 is 2.53 bits per heavy atom. The van der Waals surface area contributed by atoms with Gasteiger partial charge in [0.15, 0.2) is 14.9 Å². The molecule has 6 heteroatoms. The number of esters is 1. The van der Waals surface area contributed by atoms with Crippen LogP contribution >= 0.6 is 0 Å². The molecule has 1 N–H and O–H groups in total. The van der Waals surface area contributed by atoms with Crippen molar-refractivity contribution in [3.05, 3.63) is 65.2 Å². The summed E-state index contributed by atoms with van der Waals surface area (Å²) < 4.78 is 17.9. The Morgan fingerprint density at radius 1 is 1.08 bits per heavy atom. The molecule has 2 aromatic carbocycles. The van der Waals surface area contributed by atoms with Crippen LogP contribution in [0.3, 0.4) is 0 Å². The molecule has 0 radical (unpaired) electrons. The van der Waals surface area contributed by atoms with Gasteiger partial charge >= 0.3 is 5.97 Å². The van der Waals surface area contributed by atoms with E-state index in [9.17, 15) is 9.90 Å². The van der Waals surface area contributed by atoms with Crippen LogP contribution in [-0.2, 0) is 33.4 Å². The summed E-state index contributed by atoms with van der Waals surface area (Å²) in [4.78, 5) is 12.3. The second kappa shape index (κ2) is 11.9. The van der Waals surface area contributed by atoms with Gasteiger partial charge in [-0.2, -0.15) is 0 Å². The average Bonchev–Trinajstić information content (AvgIpc) is 3.16. The van der Waals surface area contributed by atoms with E-state index in [0.29, 0.717) is 17.8 Å². The summed E-state index contributed by atoms with van der Waals surface area (Å²) in [6.07, 6.45) is 4.60. The van der Waals surface area contributed by atoms with Crippen molar-refractivity contribution in [1.29, 1.82) is 0 Å². The smallest absolute Gasteiger partial charge is 0.344 e. The normalized spacial score (nSPS) is 23.9. The molecule has 1 unspecified atom stereocenters. The van der Waals surface area contributed by atoms with Crippen LogP contribution in [0.1, 0.15) is 63.6 Å². The summed E-state index contributed by atoms with van der Waals surface area (Å²) in [5.41, 5.74) is 3.43. The van der Waals surface area contributed by atoms with E-state index in [0.717, 1.165) is 43.4 Å². The monoisotopic (exact) mass is 538 g/mol. The van der Waals surface area contributed by atoms with E-state index in [-0.39, 0.29) is 36.4 Å². The summed E-state index contributed by atoms with van der Waals surface area (Å²) in [5, 5.41) is 11.2. The summed E-state index contributed by atoms with van der Waals surface area (Å²) in [7, 11) is -1.80. The first-order chi connectivity index (χ1) is 17.9. The molecule has 0 aromatic heterocycles. The van der Waals surface area contributed by atoms with Crippen LogP contribution in [0.25, 0.3) is 0 Å². The minimum atomic E-state index is -1.80. The van der Waals surface area contributed by atoms with Crippen LogP contribution in [0.15, 0.2) is 48.5 Å². The largest absolute Gasteiger partial charge is 0.482 e. The molecule has 4 rings (SSSR count). The van der Waals surface area contributed by atoms with E-state index >= 15 is 0 Å². The summed E-state index contributed by atoms with van der Waals surface area (Å²) >= 11 is 0. The lowest BCUT2D eigenvalue weighted by Crippen LogP contribution is -2.43. The first-order valence-corrected chi connectivity index (χ1v) is 17.1. The standard InChI is InChI=1S/C32H46O5Si/c1-22(37-38(5,6)32(2,3)4)15-16-26-27-17-24-13-10-14-30(28(24)18-25(27)19-29(26)33)35-21-31(34)36-20-23-11-8-7-9-12-23/h7-14,22,25-27,29,33H,15-21H2,1-6H3/t22?,25-,26+,27-,29+/m0/s1. The van der Waals surface area contributed by atoms with Crippen LogP contribution in [0.4, 0.5) is 0 Å². The fourth-order valence-electron chi connectivity index (χ4n) is 6.02. The lowest BCUT2D eigenvalue weighted by molar-refractivity contribution is -0.147. The van der Waals surface area contributed by atoms with Gasteiger partial charge in [0.2, 0.25) is 0 Å². The molecule has 0 spiro atoms. The van der Waals surface area contributed by atoms with E-state index in [1.54, 1.807) is 0 Å². The molecule has 2 aliphatic carbocycles. The van der Waals surface area contributed by atoms with E-state index in [4.69, 9.17) is 13.9 Å². The number of aliphatic hydroxyl groups excluding tert-OH is 1. The van der Waals surface area contributed by atoms with Crippen LogP contribution in [0, 0.1) is 17.8 Å². The number of ether oxygens (including phenoxy) is 2. The van der Waals surface area contributed by atoms with Gasteiger partial charge in [-0.3, -0.25) is 0 Å². The van der Waals surface area contributed by atoms with Gasteiger partial charge in [-0.15, -0.1) is 0 Å². The Bertz CT molecular complexity index is 1080. The van der Waals surface area contributed by atoms with Crippen LogP contribution in [-0.4, -0.2) is 38.2 Å². The predicted octanol–water partition coefficient (Wildman–Crippen LogP) is 6.71. The number of rotatable bonds is 10.